The maximum Gasteiger partial charge on any atom is 0.326 e. The van der Waals surface area contributed by atoms with Crippen molar-refractivity contribution in [2.75, 3.05) is 12.3 Å². The number of carbonyl (C=O) groups is 4. The number of nitrogens with zero attached hydrogens (tertiary/aromatic N) is 1. The van der Waals surface area contributed by atoms with Crippen molar-refractivity contribution in [3.63, 3.8) is 0 Å². The Morgan fingerprint density at radius 3 is 2.21 bits per heavy atom. The molecule has 1 aliphatic heterocycles. The lowest BCUT2D eigenvalue weighted by Gasteiger charge is -2.30. The highest BCUT2D eigenvalue weighted by Gasteiger charge is 2.40. The van der Waals surface area contributed by atoms with Gasteiger partial charge in [0.25, 0.3) is 0 Å². The monoisotopic (exact) mass is 420 g/mol. The Labute approximate surface area is 168 Å². The summed E-state index contributed by atoms with van der Waals surface area (Å²) < 4.78 is 0. The van der Waals surface area contributed by atoms with E-state index in [4.69, 9.17) is 5.73 Å². The molecule has 3 amide bonds. The van der Waals surface area contributed by atoms with Crippen LogP contribution in [-0.2, 0) is 19.2 Å². The molecule has 1 rings (SSSR count). The fourth-order valence-corrected chi connectivity index (χ4v) is 3.05. The number of likely N-dealkylation sites (tertiary alicyclic amines) is 1. The van der Waals surface area contributed by atoms with Crippen molar-refractivity contribution in [2.45, 2.75) is 63.1 Å². The first-order valence-corrected chi connectivity index (χ1v) is 9.51. The summed E-state index contributed by atoms with van der Waals surface area (Å²) in [5, 5.41) is 33.2. The zero-order valence-corrected chi connectivity index (χ0v) is 16.6. The highest BCUT2D eigenvalue weighted by atomic mass is 32.1. The highest BCUT2D eigenvalue weighted by Crippen LogP contribution is 2.19. The molecule has 1 saturated heterocycles. The van der Waals surface area contributed by atoms with Crippen LogP contribution < -0.4 is 16.4 Å². The number of nitrogens with two attached hydrogens (primary N) is 1. The van der Waals surface area contributed by atoms with Gasteiger partial charge in [0.05, 0.1) is 12.2 Å². The van der Waals surface area contributed by atoms with Crippen molar-refractivity contribution in [2.24, 2.45) is 5.73 Å². The third-order valence-electron chi connectivity index (χ3n) is 4.51. The van der Waals surface area contributed by atoms with E-state index >= 15 is 0 Å². The number of aliphatic carboxylic acids is 1. The first-order valence-electron chi connectivity index (χ1n) is 8.87. The first kappa shape index (κ1) is 24.1. The van der Waals surface area contributed by atoms with E-state index in [1.807, 2.05) is 0 Å². The summed E-state index contributed by atoms with van der Waals surface area (Å²) in [4.78, 5) is 49.5. The molecule has 7 N–H and O–H groups in total. The molecule has 160 valence electrons. The van der Waals surface area contributed by atoms with Gasteiger partial charge in [0.15, 0.2) is 0 Å². The number of hydrogen-bond acceptors (Lipinski definition) is 8. The van der Waals surface area contributed by atoms with Gasteiger partial charge in [0.1, 0.15) is 24.2 Å². The van der Waals surface area contributed by atoms with E-state index in [-0.39, 0.29) is 18.7 Å². The minimum Gasteiger partial charge on any atom is -0.480 e. The second-order valence-corrected chi connectivity index (χ2v) is 7.13. The SMILES string of the molecule is CC(O)C(N)C(=O)NC(CS)C(=O)NC(C(=O)N1CCCC1C(=O)O)C(C)O. The zero-order chi connectivity index (χ0) is 21.6. The molecule has 1 heterocycles. The molecule has 0 radical (unpaired) electrons. The molecular formula is C16H28N4O7S. The van der Waals surface area contributed by atoms with Crippen LogP contribution in [0, 0.1) is 0 Å². The largest absolute Gasteiger partial charge is 0.480 e. The Morgan fingerprint density at radius 2 is 1.75 bits per heavy atom. The van der Waals surface area contributed by atoms with E-state index in [1.54, 1.807) is 0 Å². The second kappa shape index (κ2) is 10.6. The normalized spacial score (nSPS) is 21.9. The maximum absolute atomic E-state index is 12.7. The average Bonchev–Trinajstić information content (AvgIpc) is 3.12. The molecule has 0 aromatic heterocycles. The summed E-state index contributed by atoms with van der Waals surface area (Å²) in [5.41, 5.74) is 5.51. The van der Waals surface area contributed by atoms with Gasteiger partial charge in [-0.1, -0.05) is 0 Å². The Balaban J connectivity index is 2.86. The number of rotatable bonds is 9. The van der Waals surface area contributed by atoms with E-state index in [2.05, 4.69) is 23.3 Å². The van der Waals surface area contributed by atoms with Crippen molar-refractivity contribution in [3.8, 4) is 0 Å². The third-order valence-corrected chi connectivity index (χ3v) is 4.87. The van der Waals surface area contributed by atoms with Gasteiger partial charge in [-0.05, 0) is 26.7 Å². The Bertz CT molecular complexity index is 602. The van der Waals surface area contributed by atoms with Crippen LogP contribution in [-0.4, -0.2) is 92.6 Å². The van der Waals surface area contributed by atoms with Gasteiger partial charge in [0.2, 0.25) is 17.7 Å². The fraction of sp³-hybridized carbons (Fsp3) is 0.750. The number of aliphatic hydroxyl groups excluding tert-OH is 2. The van der Waals surface area contributed by atoms with E-state index < -0.39 is 60.1 Å². The topological polar surface area (TPSA) is 182 Å². The van der Waals surface area contributed by atoms with Gasteiger partial charge in [-0.15, -0.1) is 0 Å². The lowest BCUT2D eigenvalue weighted by molar-refractivity contribution is -0.150. The van der Waals surface area contributed by atoms with Crippen LogP contribution in [0.2, 0.25) is 0 Å². The number of carboxylic acid groups (broad SMARTS) is 1. The summed E-state index contributed by atoms with van der Waals surface area (Å²) in [6, 6.07) is -4.85. The Hall–Kier alpha value is -1.89. The van der Waals surface area contributed by atoms with Crippen LogP contribution in [0.5, 0.6) is 0 Å². The number of hydrogen-bond donors (Lipinski definition) is 7. The van der Waals surface area contributed by atoms with E-state index in [0.717, 1.165) is 4.90 Å². The number of carbonyl (C=O) groups excluding carboxylic acids is 3. The molecule has 12 heteroatoms. The van der Waals surface area contributed by atoms with E-state index in [9.17, 15) is 34.5 Å². The fourth-order valence-electron chi connectivity index (χ4n) is 2.79. The predicted octanol–water partition coefficient (Wildman–Crippen LogP) is -2.95. The van der Waals surface area contributed by atoms with Crippen molar-refractivity contribution in [1.29, 1.82) is 0 Å². The first-order chi connectivity index (χ1) is 13.0. The summed E-state index contributed by atoms with van der Waals surface area (Å²) in [7, 11) is 0. The average molecular weight is 420 g/mol. The van der Waals surface area contributed by atoms with E-state index in [1.165, 1.54) is 13.8 Å². The van der Waals surface area contributed by atoms with Crippen molar-refractivity contribution in [3.05, 3.63) is 0 Å². The molecule has 1 aliphatic rings. The van der Waals surface area contributed by atoms with Gasteiger partial charge in [0, 0.05) is 12.3 Å². The zero-order valence-electron chi connectivity index (χ0n) is 15.7. The Morgan fingerprint density at radius 1 is 1.14 bits per heavy atom. The molecule has 0 bridgehead atoms. The van der Waals surface area contributed by atoms with Gasteiger partial charge >= 0.3 is 5.97 Å². The lowest BCUT2D eigenvalue weighted by Crippen LogP contribution is -2.60. The van der Waals surface area contributed by atoms with Crippen LogP contribution >= 0.6 is 12.6 Å². The van der Waals surface area contributed by atoms with Crippen LogP contribution in [0.4, 0.5) is 0 Å². The smallest absolute Gasteiger partial charge is 0.326 e. The van der Waals surface area contributed by atoms with Gasteiger partial charge in [-0.3, -0.25) is 14.4 Å². The number of aliphatic hydroxyl groups is 2. The molecule has 11 nitrogen and oxygen atoms in total. The third kappa shape index (κ3) is 6.06. The molecule has 28 heavy (non-hydrogen) atoms. The minimum absolute atomic E-state index is 0.133. The molecule has 0 aliphatic carbocycles. The standard InChI is InChI=1S/C16H28N4O7S/c1-7(21)11(17)14(24)18-9(6-28)13(23)19-12(8(2)22)15(25)20-5-3-4-10(20)16(26)27/h7-12,21-22,28H,3-6,17H2,1-2H3,(H,18,24)(H,19,23)(H,26,27). The second-order valence-electron chi connectivity index (χ2n) is 6.76. The highest BCUT2D eigenvalue weighted by molar-refractivity contribution is 7.80. The number of amides is 3. The minimum atomic E-state index is -1.39. The lowest BCUT2D eigenvalue weighted by atomic mass is 10.1. The van der Waals surface area contributed by atoms with Crippen LogP contribution in [0.25, 0.3) is 0 Å². The van der Waals surface area contributed by atoms with Crippen molar-refractivity contribution in [1.82, 2.24) is 15.5 Å². The van der Waals surface area contributed by atoms with Crippen LogP contribution in [0.3, 0.4) is 0 Å². The van der Waals surface area contributed by atoms with E-state index in [0.29, 0.717) is 6.42 Å². The quantitative estimate of drug-likeness (QED) is 0.193. The molecular weight excluding hydrogens is 392 g/mol. The molecule has 0 aromatic rings. The molecule has 1 fully saturated rings. The van der Waals surface area contributed by atoms with Gasteiger partial charge in [-0.25, -0.2) is 4.79 Å². The molecule has 0 aromatic carbocycles. The summed E-state index contributed by atoms with van der Waals surface area (Å²) in [6.45, 7) is 2.80. The van der Waals surface area contributed by atoms with Gasteiger partial charge in [-0.2, -0.15) is 12.6 Å². The van der Waals surface area contributed by atoms with Crippen molar-refractivity contribution < 1.29 is 34.5 Å². The van der Waals surface area contributed by atoms with Crippen LogP contribution in [0.1, 0.15) is 26.7 Å². The number of carboxylic acids is 1. The maximum atomic E-state index is 12.7. The molecule has 0 spiro atoms. The van der Waals surface area contributed by atoms with Crippen LogP contribution in [0.15, 0.2) is 0 Å². The van der Waals surface area contributed by atoms with Gasteiger partial charge < -0.3 is 36.6 Å². The molecule has 6 atom stereocenters. The molecule has 0 saturated carbocycles. The number of thiol groups is 1. The summed E-state index contributed by atoms with van der Waals surface area (Å²) in [5.74, 6) is -3.60. The predicted molar refractivity (Wildman–Crippen MR) is 101 cm³/mol. The Kier molecular flexibility index (Phi) is 9.14. The van der Waals surface area contributed by atoms with Crippen molar-refractivity contribution >= 4 is 36.3 Å². The summed E-state index contributed by atoms with van der Waals surface area (Å²) >= 11 is 3.99. The number of nitrogens with one attached hydrogen (secondary N) is 2. The molecule has 6 unspecified atom stereocenters. The summed E-state index contributed by atoms with van der Waals surface area (Å²) in [6.07, 6.45) is -1.66.